The first-order chi connectivity index (χ1) is 18.2. The highest BCUT2D eigenvalue weighted by Gasteiger charge is 2.49. The molecule has 10 nitrogen and oxygen atoms in total. The first-order valence-electron chi connectivity index (χ1n) is 12.2. The number of aryl methyl sites for hydroxylation is 1. The molecular formula is C27H32N4O6S2. The third kappa shape index (κ3) is 5.36. The van der Waals surface area contributed by atoms with Crippen molar-refractivity contribution in [1.29, 1.82) is 0 Å². The summed E-state index contributed by atoms with van der Waals surface area (Å²) in [5, 5.41) is 3.55. The number of carbonyl (C=O) groups excluding carboxylic acids is 2. The number of amides is 2. The molecule has 3 aromatic carbocycles. The summed E-state index contributed by atoms with van der Waals surface area (Å²) in [4.78, 5) is 28.5. The highest BCUT2D eigenvalue weighted by Crippen LogP contribution is 2.40. The van der Waals surface area contributed by atoms with Crippen LogP contribution in [0.2, 0.25) is 0 Å². The standard InChI is InChI=1S/C27H32N4O6S2/c1-18-13-14-19-9-5-6-10-20(19)21(18)15-30-23-11-7-8-12-24(23)31(39(36,37)17-38(4,34)35)16-22(25(30)32)27(2,29-3)26(28)33/h5-14,22,29H,15-17H2,1-4H3,(H2,28,33)/t22-,27?/m1/s1. The minimum atomic E-state index is -4.48. The number of nitrogens with one attached hydrogen (secondary N) is 1. The van der Waals surface area contributed by atoms with Crippen LogP contribution in [-0.4, -0.2) is 59.1 Å². The lowest BCUT2D eigenvalue weighted by Crippen LogP contribution is -2.63. The molecular weight excluding hydrogens is 540 g/mol. The van der Waals surface area contributed by atoms with Gasteiger partial charge in [-0.1, -0.05) is 48.5 Å². The summed E-state index contributed by atoms with van der Waals surface area (Å²) in [6.45, 7) is 2.96. The summed E-state index contributed by atoms with van der Waals surface area (Å²) < 4.78 is 52.2. The predicted octanol–water partition coefficient (Wildman–Crippen LogP) is 1.91. The second-order valence-corrected chi connectivity index (χ2v) is 14.4. The van der Waals surface area contributed by atoms with Gasteiger partial charge >= 0.3 is 0 Å². The number of carbonyl (C=O) groups is 2. The van der Waals surface area contributed by atoms with Crippen molar-refractivity contribution < 1.29 is 26.4 Å². The Kier molecular flexibility index (Phi) is 7.50. The minimum Gasteiger partial charge on any atom is -0.368 e. The van der Waals surface area contributed by atoms with E-state index in [0.717, 1.165) is 32.5 Å². The third-order valence-electron chi connectivity index (χ3n) is 7.37. The number of primary amides is 1. The zero-order valence-electron chi connectivity index (χ0n) is 22.2. The maximum absolute atomic E-state index is 14.4. The monoisotopic (exact) mass is 572 g/mol. The Bertz CT molecular complexity index is 1670. The number of sulfonamides is 1. The van der Waals surface area contributed by atoms with Crippen molar-refractivity contribution in [1.82, 2.24) is 5.32 Å². The van der Waals surface area contributed by atoms with Crippen molar-refractivity contribution in [3.63, 3.8) is 0 Å². The molecule has 1 unspecified atom stereocenters. The maximum Gasteiger partial charge on any atom is 0.249 e. The Morgan fingerprint density at radius 3 is 2.26 bits per heavy atom. The molecule has 3 aromatic rings. The summed E-state index contributed by atoms with van der Waals surface area (Å²) in [5.74, 6) is -2.66. The topological polar surface area (TPSA) is 147 Å². The van der Waals surface area contributed by atoms with Gasteiger partial charge in [-0.15, -0.1) is 0 Å². The van der Waals surface area contributed by atoms with Crippen molar-refractivity contribution in [2.24, 2.45) is 11.7 Å². The SMILES string of the molecule is CNC(C)(C(N)=O)[C@@H]1CN(S(=O)(=O)CS(C)(=O)=O)c2ccccc2N(Cc2c(C)ccc3ccccc23)C1=O. The van der Waals surface area contributed by atoms with Gasteiger partial charge in [0.2, 0.25) is 21.8 Å². The van der Waals surface area contributed by atoms with Crippen LogP contribution in [-0.2, 0) is 36.0 Å². The number of hydrogen-bond acceptors (Lipinski definition) is 7. The number of benzene rings is 3. The molecule has 0 saturated heterocycles. The molecule has 2 atom stereocenters. The largest absolute Gasteiger partial charge is 0.368 e. The molecule has 2 amide bonds. The number of hydrogen-bond donors (Lipinski definition) is 2. The number of nitrogens with zero attached hydrogens (tertiary/aromatic N) is 2. The van der Waals surface area contributed by atoms with Crippen LogP contribution in [0.1, 0.15) is 18.1 Å². The van der Waals surface area contributed by atoms with Crippen LogP contribution in [0.4, 0.5) is 11.4 Å². The molecule has 0 saturated carbocycles. The molecule has 4 rings (SSSR count). The quantitative estimate of drug-likeness (QED) is 0.419. The van der Waals surface area contributed by atoms with E-state index in [-0.39, 0.29) is 17.9 Å². The Hall–Kier alpha value is -3.48. The molecule has 3 N–H and O–H groups in total. The molecule has 1 aliphatic rings. The summed E-state index contributed by atoms with van der Waals surface area (Å²) in [5.41, 5.74) is 6.29. The van der Waals surface area contributed by atoms with Crippen molar-refractivity contribution in [2.75, 3.05) is 34.1 Å². The van der Waals surface area contributed by atoms with Crippen LogP contribution < -0.4 is 20.3 Å². The molecule has 0 bridgehead atoms. The van der Waals surface area contributed by atoms with E-state index in [9.17, 15) is 26.4 Å². The number of anilines is 2. The minimum absolute atomic E-state index is 0.0814. The molecule has 0 aromatic heterocycles. The third-order valence-corrected chi connectivity index (χ3v) is 11.3. The highest BCUT2D eigenvalue weighted by atomic mass is 32.3. The number of sulfone groups is 1. The predicted molar refractivity (Wildman–Crippen MR) is 152 cm³/mol. The van der Waals surface area contributed by atoms with Crippen molar-refractivity contribution in [3.05, 3.63) is 71.8 Å². The van der Waals surface area contributed by atoms with E-state index in [2.05, 4.69) is 5.32 Å². The van der Waals surface area contributed by atoms with Gasteiger partial charge in [0.1, 0.15) is 5.54 Å². The number of fused-ring (bicyclic) bond motifs is 2. The summed E-state index contributed by atoms with van der Waals surface area (Å²) >= 11 is 0. The van der Waals surface area contributed by atoms with Gasteiger partial charge < -0.3 is 16.0 Å². The summed E-state index contributed by atoms with van der Waals surface area (Å²) in [6.07, 6.45) is 0.827. The van der Waals surface area contributed by atoms with Crippen LogP contribution in [0, 0.1) is 12.8 Å². The first-order valence-corrected chi connectivity index (χ1v) is 15.9. The average Bonchev–Trinajstić information content (AvgIpc) is 2.98. The average molecular weight is 573 g/mol. The van der Waals surface area contributed by atoms with Gasteiger partial charge in [0, 0.05) is 12.8 Å². The lowest BCUT2D eigenvalue weighted by Gasteiger charge is -2.36. The second-order valence-electron chi connectivity index (χ2n) is 10.1. The summed E-state index contributed by atoms with van der Waals surface area (Å²) in [7, 11) is -6.98. The Labute approximate surface area is 228 Å². The lowest BCUT2D eigenvalue weighted by atomic mass is 9.83. The van der Waals surface area contributed by atoms with Gasteiger partial charge in [0.25, 0.3) is 0 Å². The van der Waals surface area contributed by atoms with Crippen LogP contribution >= 0.6 is 0 Å². The van der Waals surface area contributed by atoms with Gasteiger partial charge in [-0.3, -0.25) is 13.9 Å². The van der Waals surface area contributed by atoms with Gasteiger partial charge in [-0.05, 0) is 54.9 Å². The van der Waals surface area contributed by atoms with E-state index >= 15 is 0 Å². The molecule has 39 heavy (non-hydrogen) atoms. The molecule has 0 spiro atoms. The van der Waals surface area contributed by atoms with Crippen molar-refractivity contribution in [3.8, 4) is 0 Å². The highest BCUT2D eigenvalue weighted by molar-refractivity contribution is 8.08. The van der Waals surface area contributed by atoms with E-state index in [0.29, 0.717) is 0 Å². The molecule has 0 aliphatic carbocycles. The fourth-order valence-corrected chi connectivity index (χ4v) is 8.53. The number of likely N-dealkylation sites (N-methyl/N-ethyl adjacent to an activating group) is 1. The van der Waals surface area contributed by atoms with Gasteiger partial charge in [-0.25, -0.2) is 16.8 Å². The molecule has 1 heterocycles. The molecule has 1 aliphatic heterocycles. The van der Waals surface area contributed by atoms with Gasteiger partial charge in [-0.2, -0.15) is 0 Å². The molecule has 0 radical (unpaired) electrons. The number of para-hydroxylation sites is 2. The van der Waals surface area contributed by atoms with Crippen LogP contribution in [0.25, 0.3) is 10.8 Å². The van der Waals surface area contributed by atoms with Crippen LogP contribution in [0.15, 0.2) is 60.7 Å². The van der Waals surface area contributed by atoms with Crippen LogP contribution in [0.5, 0.6) is 0 Å². The summed E-state index contributed by atoms with van der Waals surface area (Å²) in [6, 6.07) is 18.1. The van der Waals surface area contributed by atoms with E-state index in [1.807, 2.05) is 43.3 Å². The molecule has 0 fully saturated rings. The Morgan fingerprint density at radius 2 is 1.64 bits per heavy atom. The van der Waals surface area contributed by atoms with Crippen LogP contribution in [0.3, 0.4) is 0 Å². The van der Waals surface area contributed by atoms with E-state index in [1.165, 1.54) is 24.9 Å². The maximum atomic E-state index is 14.4. The normalized spacial score (nSPS) is 17.9. The molecule has 208 valence electrons. The van der Waals surface area contributed by atoms with E-state index < -0.39 is 54.8 Å². The first kappa shape index (κ1) is 28.5. The van der Waals surface area contributed by atoms with Gasteiger partial charge in [0.15, 0.2) is 14.9 Å². The van der Waals surface area contributed by atoms with Crippen molar-refractivity contribution >= 4 is 53.8 Å². The molecule has 12 heteroatoms. The van der Waals surface area contributed by atoms with E-state index in [4.69, 9.17) is 5.73 Å². The number of nitrogens with two attached hydrogens (primary N) is 1. The lowest BCUT2D eigenvalue weighted by molar-refractivity contribution is -0.133. The Morgan fingerprint density at radius 1 is 1.03 bits per heavy atom. The van der Waals surface area contributed by atoms with Crippen molar-refractivity contribution in [2.45, 2.75) is 25.9 Å². The fourth-order valence-electron chi connectivity index (χ4n) is 5.02. The Balaban J connectivity index is 1.98. The zero-order valence-corrected chi connectivity index (χ0v) is 23.8. The van der Waals surface area contributed by atoms with E-state index in [1.54, 1.807) is 18.2 Å². The smallest absolute Gasteiger partial charge is 0.249 e. The fraction of sp³-hybridized carbons (Fsp3) is 0.333. The number of rotatable bonds is 8. The zero-order chi connectivity index (χ0) is 28.8. The second kappa shape index (κ2) is 10.2. The van der Waals surface area contributed by atoms with Gasteiger partial charge in [0.05, 0.1) is 23.8 Å².